The van der Waals surface area contributed by atoms with E-state index in [9.17, 15) is 4.79 Å². The molecule has 0 radical (unpaired) electrons. The van der Waals surface area contributed by atoms with Crippen molar-refractivity contribution in [2.75, 3.05) is 7.11 Å². The normalized spacial score (nSPS) is 14.6. The fourth-order valence-corrected chi connectivity index (χ4v) is 4.24. The van der Waals surface area contributed by atoms with Crippen molar-refractivity contribution in [3.05, 3.63) is 95.0 Å². The maximum atomic E-state index is 12.1. The van der Waals surface area contributed by atoms with E-state index >= 15 is 0 Å². The molecule has 1 aromatic heterocycles. The van der Waals surface area contributed by atoms with Crippen LogP contribution in [0.2, 0.25) is 0 Å². The Morgan fingerprint density at radius 2 is 1.48 bits per heavy atom. The SMILES string of the molecule is COC(=O)c1ccc[n+](C2=C(C)NN=C(C)C2=C2c3ccccc3-c3ccccc32)n1. The Kier molecular flexibility index (Phi) is 4.47. The number of rotatable bonds is 2. The summed E-state index contributed by atoms with van der Waals surface area (Å²) in [5, 5.41) is 9.09. The van der Waals surface area contributed by atoms with E-state index in [4.69, 9.17) is 4.74 Å². The molecule has 2 aromatic carbocycles. The highest BCUT2D eigenvalue weighted by molar-refractivity contribution is 6.20. The number of allylic oxidation sites excluding steroid dienone is 3. The highest BCUT2D eigenvalue weighted by Crippen LogP contribution is 2.47. The minimum atomic E-state index is -0.479. The number of nitrogens with zero attached hydrogens (tertiary/aromatic N) is 3. The van der Waals surface area contributed by atoms with Crippen LogP contribution in [0.15, 0.2) is 83.2 Å². The molecule has 6 heteroatoms. The van der Waals surface area contributed by atoms with Crippen LogP contribution in [0, 0.1) is 0 Å². The molecule has 1 N–H and O–H groups in total. The van der Waals surface area contributed by atoms with Gasteiger partial charge in [0.2, 0.25) is 11.9 Å². The second-order valence-electron chi connectivity index (χ2n) is 7.45. The van der Waals surface area contributed by atoms with Gasteiger partial charge in [0.05, 0.1) is 18.4 Å². The van der Waals surface area contributed by atoms with Gasteiger partial charge in [-0.25, -0.2) is 4.79 Å². The molecule has 2 aliphatic rings. The number of hydrogen-bond donors (Lipinski definition) is 1. The lowest BCUT2D eigenvalue weighted by Crippen LogP contribution is -2.43. The van der Waals surface area contributed by atoms with Gasteiger partial charge in [-0.3, -0.25) is 5.43 Å². The van der Waals surface area contributed by atoms with Crippen LogP contribution >= 0.6 is 0 Å². The van der Waals surface area contributed by atoms with E-state index < -0.39 is 5.97 Å². The van der Waals surface area contributed by atoms with E-state index in [-0.39, 0.29) is 5.69 Å². The molecule has 0 saturated heterocycles. The van der Waals surface area contributed by atoms with E-state index in [1.807, 2.05) is 20.0 Å². The summed E-state index contributed by atoms with van der Waals surface area (Å²) in [7, 11) is 1.35. The standard InChI is InChI=1S/C25H21N4O2/c1-15-22(23-19-11-6-4-9-17(19)18-10-5-7-12-20(18)23)24(16(2)27-26-15)29-14-8-13-21(28-29)25(30)31-3/h4-14,27H,1-3H3/q+1. The van der Waals surface area contributed by atoms with Gasteiger partial charge >= 0.3 is 5.97 Å². The number of fused-ring (bicyclic) bond motifs is 3. The molecular formula is C25H21N4O2+. The van der Waals surface area contributed by atoms with Gasteiger partial charge in [-0.05, 0) is 46.8 Å². The molecule has 0 atom stereocenters. The lowest BCUT2D eigenvalue weighted by Gasteiger charge is -2.18. The Morgan fingerprint density at radius 1 is 0.871 bits per heavy atom. The summed E-state index contributed by atoms with van der Waals surface area (Å²) >= 11 is 0. The van der Waals surface area contributed by atoms with Gasteiger partial charge < -0.3 is 4.74 Å². The molecule has 5 rings (SSSR count). The van der Waals surface area contributed by atoms with Gasteiger partial charge in [0.15, 0.2) is 0 Å². The lowest BCUT2D eigenvalue weighted by atomic mass is 9.92. The predicted octanol–water partition coefficient (Wildman–Crippen LogP) is 3.81. The zero-order chi connectivity index (χ0) is 21.5. The van der Waals surface area contributed by atoms with Crippen LogP contribution in [0.4, 0.5) is 0 Å². The van der Waals surface area contributed by atoms with Gasteiger partial charge in [0.25, 0.3) is 5.70 Å². The summed E-state index contributed by atoms with van der Waals surface area (Å²) < 4.78 is 6.58. The van der Waals surface area contributed by atoms with Gasteiger partial charge in [-0.15, -0.1) is 0 Å². The summed E-state index contributed by atoms with van der Waals surface area (Å²) in [5.41, 5.74) is 12.7. The zero-order valence-electron chi connectivity index (χ0n) is 17.5. The molecule has 0 saturated carbocycles. The van der Waals surface area contributed by atoms with Crippen molar-refractivity contribution >= 4 is 23.0 Å². The molecule has 1 aliphatic carbocycles. The largest absolute Gasteiger partial charge is 0.464 e. The van der Waals surface area contributed by atoms with Crippen molar-refractivity contribution in [3.8, 4) is 11.1 Å². The summed E-state index contributed by atoms with van der Waals surface area (Å²) in [6, 6.07) is 20.2. The van der Waals surface area contributed by atoms with E-state index in [0.29, 0.717) is 0 Å². The second kappa shape index (κ2) is 7.32. The number of nitrogens with one attached hydrogen (secondary N) is 1. The fraction of sp³-hybridized carbons (Fsp3) is 0.120. The number of methoxy groups -OCH3 is 1. The third kappa shape index (κ3) is 2.95. The van der Waals surface area contributed by atoms with Crippen LogP contribution in [0.25, 0.3) is 22.4 Å². The van der Waals surface area contributed by atoms with Crippen LogP contribution in [-0.2, 0) is 4.74 Å². The third-order valence-electron chi connectivity index (χ3n) is 5.60. The Morgan fingerprint density at radius 3 is 2.10 bits per heavy atom. The first-order valence-electron chi connectivity index (χ1n) is 10.0. The van der Waals surface area contributed by atoms with Crippen molar-refractivity contribution in [2.24, 2.45) is 5.10 Å². The van der Waals surface area contributed by atoms with E-state index in [1.165, 1.54) is 18.2 Å². The predicted molar refractivity (Wildman–Crippen MR) is 119 cm³/mol. The topological polar surface area (TPSA) is 67.5 Å². The number of benzene rings is 2. The summed E-state index contributed by atoms with van der Waals surface area (Å²) in [6.07, 6.45) is 1.83. The number of ether oxygens (including phenoxy) is 1. The molecule has 6 nitrogen and oxygen atoms in total. The van der Waals surface area contributed by atoms with E-state index in [2.05, 4.69) is 64.2 Å². The van der Waals surface area contributed by atoms with Crippen LogP contribution in [0.1, 0.15) is 35.5 Å². The van der Waals surface area contributed by atoms with Gasteiger partial charge in [0.1, 0.15) is 5.70 Å². The highest BCUT2D eigenvalue weighted by Gasteiger charge is 2.35. The summed E-state index contributed by atoms with van der Waals surface area (Å²) in [5.74, 6) is -0.479. The maximum Gasteiger partial charge on any atom is 0.362 e. The number of aromatic nitrogens is 2. The first kappa shape index (κ1) is 18.9. The van der Waals surface area contributed by atoms with Gasteiger partial charge in [-0.1, -0.05) is 48.5 Å². The van der Waals surface area contributed by atoms with Gasteiger partial charge in [0, 0.05) is 16.7 Å². The molecule has 0 amide bonds. The lowest BCUT2D eigenvalue weighted by molar-refractivity contribution is -0.645. The van der Waals surface area contributed by atoms with Crippen molar-refractivity contribution in [1.82, 2.24) is 10.5 Å². The first-order chi connectivity index (χ1) is 15.1. The summed E-state index contributed by atoms with van der Waals surface area (Å²) in [4.78, 5) is 12.1. The van der Waals surface area contributed by atoms with Crippen molar-refractivity contribution in [2.45, 2.75) is 13.8 Å². The average Bonchev–Trinajstić information content (AvgIpc) is 3.14. The Labute approximate surface area is 180 Å². The molecule has 0 bridgehead atoms. The van der Waals surface area contributed by atoms with Crippen LogP contribution in [-0.4, -0.2) is 23.9 Å². The molecule has 152 valence electrons. The first-order valence-corrected chi connectivity index (χ1v) is 10.0. The Balaban J connectivity index is 1.82. The highest BCUT2D eigenvalue weighted by atomic mass is 16.5. The number of hydrazone groups is 1. The minimum Gasteiger partial charge on any atom is -0.464 e. The summed E-state index contributed by atoms with van der Waals surface area (Å²) in [6.45, 7) is 3.94. The Bertz CT molecular complexity index is 1290. The maximum absolute atomic E-state index is 12.1. The Hall–Kier alpha value is -4.06. The van der Waals surface area contributed by atoms with Crippen molar-refractivity contribution in [3.63, 3.8) is 0 Å². The average molecular weight is 409 g/mol. The number of esters is 1. The quantitative estimate of drug-likeness (QED) is 0.404. The third-order valence-corrected chi connectivity index (χ3v) is 5.60. The van der Waals surface area contributed by atoms with E-state index in [0.717, 1.165) is 39.4 Å². The second-order valence-corrected chi connectivity index (χ2v) is 7.45. The molecule has 0 spiro atoms. The van der Waals surface area contributed by atoms with E-state index in [1.54, 1.807) is 16.8 Å². The molecule has 31 heavy (non-hydrogen) atoms. The van der Waals surface area contributed by atoms with Crippen LogP contribution in [0.5, 0.6) is 0 Å². The fourth-order valence-electron chi connectivity index (χ4n) is 4.24. The molecule has 0 fully saturated rings. The molecule has 0 unspecified atom stereocenters. The number of hydrogen-bond acceptors (Lipinski definition) is 5. The smallest absolute Gasteiger partial charge is 0.362 e. The monoisotopic (exact) mass is 409 g/mol. The molecule has 2 heterocycles. The number of carbonyl (C=O) groups is 1. The zero-order valence-corrected chi connectivity index (χ0v) is 17.5. The number of carbonyl (C=O) groups excluding carboxylic acids is 1. The molecule has 1 aliphatic heterocycles. The molecule has 3 aromatic rings. The molecular weight excluding hydrogens is 388 g/mol. The minimum absolute atomic E-state index is 0.238. The van der Waals surface area contributed by atoms with Crippen LogP contribution in [0.3, 0.4) is 0 Å². The van der Waals surface area contributed by atoms with Crippen molar-refractivity contribution < 1.29 is 14.2 Å². The van der Waals surface area contributed by atoms with Crippen LogP contribution < -0.4 is 10.1 Å². The van der Waals surface area contributed by atoms with Gasteiger partial charge in [-0.2, -0.15) is 5.10 Å². The van der Waals surface area contributed by atoms with Crippen molar-refractivity contribution in [1.29, 1.82) is 0 Å².